The van der Waals surface area contributed by atoms with E-state index >= 15 is 0 Å². The van der Waals surface area contributed by atoms with Gasteiger partial charge in [0.05, 0.1) is 14.2 Å². The molecule has 0 aliphatic rings. The molecule has 0 aromatic heterocycles. The minimum atomic E-state index is -0.125. The van der Waals surface area contributed by atoms with Crippen LogP contribution in [0.25, 0.3) is 0 Å². The Morgan fingerprint density at radius 3 is 2.56 bits per heavy atom. The Morgan fingerprint density at radius 1 is 1.31 bits per heavy atom. The molecule has 0 aliphatic carbocycles. The molecule has 0 amide bonds. The van der Waals surface area contributed by atoms with Crippen LogP contribution < -0.4 is 26.1 Å². The maximum atomic E-state index is 6.96. The quantitative estimate of drug-likeness (QED) is 0.325. The first kappa shape index (κ1) is 12.1. The zero-order valence-corrected chi connectivity index (χ0v) is 9.33. The molecule has 1 aromatic carbocycles. The van der Waals surface area contributed by atoms with Crippen molar-refractivity contribution >= 4 is 5.96 Å². The van der Waals surface area contributed by atoms with Crippen molar-refractivity contribution in [3.8, 4) is 11.5 Å². The van der Waals surface area contributed by atoms with E-state index in [2.05, 4.69) is 10.9 Å². The molecule has 0 radical (unpaired) electrons. The van der Waals surface area contributed by atoms with Crippen LogP contribution in [-0.4, -0.2) is 20.2 Å². The average Bonchev–Trinajstić information content (AvgIpc) is 2.28. The van der Waals surface area contributed by atoms with Crippen molar-refractivity contribution in [2.24, 2.45) is 5.73 Å². The van der Waals surface area contributed by atoms with Crippen LogP contribution in [0.15, 0.2) is 18.2 Å². The number of rotatable bonds is 5. The van der Waals surface area contributed by atoms with Gasteiger partial charge in [-0.05, 0) is 17.7 Å². The molecule has 0 heterocycles. The number of nitrogens with one attached hydrogen (secondary N) is 3. The predicted octanol–water partition coefficient (Wildman–Crippen LogP) is 0.191. The summed E-state index contributed by atoms with van der Waals surface area (Å²) in [4.78, 5) is 0. The topological polar surface area (TPSA) is 92.4 Å². The second-order valence-electron chi connectivity index (χ2n) is 3.08. The van der Waals surface area contributed by atoms with E-state index in [4.69, 9.17) is 20.6 Å². The number of methoxy groups -OCH3 is 2. The Morgan fingerprint density at radius 2 is 2.00 bits per heavy atom. The minimum absolute atomic E-state index is 0.125. The van der Waals surface area contributed by atoms with Crippen molar-refractivity contribution in [2.45, 2.75) is 6.54 Å². The summed E-state index contributed by atoms with van der Waals surface area (Å²) in [5, 5.41) is 6.96. The Hall–Kier alpha value is -1.95. The highest BCUT2D eigenvalue weighted by Crippen LogP contribution is 2.27. The van der Waals surface area contributed by atoms with Crippen LogP contribution in [-0.2, 0) is 6.54 Å². The van der Waals surface area contributed by atoms with E-state index in [0.717, 1.165) is 5.56 Å². The molecule has 0 bridgehead atoms. The normalized spacial score (nSPS) is 9.62. The molecule has 16 heavy (non-hydrogen) atoms. The molecule has 0 aliphatic heterocycles. The SMILES string of the molecule is COc1ccc(CNNC(=N)N)cc1OC. The third kappa shape index (κ3) is 3.32. The zero-order valence-electron chi connectivity index (χ0n) is 9.33. The van der Waals surface area contributed by atoms with Gasteiger partial charge in [0.25, 0.3) is 0 Å². The number of guanidine groups is 1. The average molecular weight is 224 g/mol. The predicted molar refractivity (Wildman–Crippen MR) is 61.4 cm³/mol. The van der Waals surface area contributed by atoms with Gasteiger partial charge < -0.3 is 15.2 Å². The summed E-state index contributed by atoms with van der Waals surface area (Å²) in [6.07, 6.45) is 0. The maximum absolute atomic E-state index is 6.96. The van der Waals surface area contributed by atoms with E-state index in [0.29, 0.717) is 18.0 Å². The van der Waals surface area contributed by atoms with Crippen molar-refractivity contribution in [1.29, 1.82) is 5.41 Å². The molecule has 1 rings (SSSR count). The van der Waals surface area contributed by atoms with Gasteiger partial charge >= 0.3 is 0 Å². The molecule has 0 saturated heterocycles. The Bertz CT molecular complexity index is 368. The van der Waals surface area contributed by atoms with Gasteiger partial charge in [-0.1, -0.05) is 6.07 Å². The molecular formula is C10H16N4O2. The van der Waals surface area contributed by atoms with Crippen LogP contribution >= 0.6 is 0 Å². The second kappa shape index (κ2) is 5.82. The third-order valence-corrected chi connectivity index (χ3v) is 1.96. The molecule has 6 nitrogen and oxygen atoms in total. The molecule has 5 N–H and O–H groups in total. The summed E-state index contributed by atoms with van der Waals surface area (Å²) in [5.41, 5.74) is 11.4. The first-order chi connectivity index (χ1) is 7.67. The van der Waals surface area contributed by atoms with E-state index in [1.807, 2.05) is 18.2 Å². The lowest BCUT2D eigenvalue weighted by atomic mass is 10.2. The lowest BCUT2D eigenvalue weighted by Crippen LogP contribution is -2.41. The van der Waals surface area contributed by atoms with Crippen molar-refractivity contribution in [3.63, 3.8) is 0 Å². The first-order valence-electron chi connectivity index (χ1n) is 4.71. The summed E-state index contributed by atoms with van der Waals surface area (Å²) >= 11 is 0. The fraction of sp³-hybridized carbons (Fsp3) is 0.300. The van der Waals surface area contributed by atoms with Gasteiger partial charge in [-0.15, -0.1) is 0 Å². The van der Waals surface area contributed by atoms with E-state index in [9.17, 15) is 0 Å². The van der Waals surface area contributed by atoms with Crippen molar-refractivity contribution in [2.75, 3.05) is 14.2 Å². The van der Waals surface area contributed by atoms with Gasteiger partial charge in [0.1, 0.15) is 0 Å². The van der Waals surface area contributed by atoms with Gasteiger partial charge in [-0.3, -0.25) is 10.8 Å². The van der Waals surface area contributed by atoms with Gasteiger partial charge in [-0.25, -0.2) is 5.43 Å². The van der Waals surface area contributed by atoms with Gasteiger partial charge in [0.15, 0.2) is 17.5 Å². The summed E-state index contributed by atoms with van der Waals surface area (Å²) in [6.45, 7) is 0.528. The highest BCUT2D eigenvalue weighted by Gasteiger charge is 2.03. The van der Waals surface area contributed by atoms with Crippen LogP contribution in [0.5, 0.6) is 11.5 Å². The van der Waals surface area contributed by atoms with Crippen molar-refractivity contribution < 1.29 is 9.47 Å². The van der Waals surface area contributed by atoms with E-state index in [-0.39, 0.29) is 5.96 Å². The van der Waals surface area contributed by atoms with Gasteiger partial charge in [0.2, 0.25) is 0 Å². The number of benzene rings is 1. The molecule has 1 aromatic rings. The third-order valence-electron chi connectivity index (χ3n) is 1.96. The largest absolute Gasteiger partial charge is 0.493 e. The van der Waals surface area contributed by atoms with Crippen LogP contribution in [0.4, 0.5) is 0 Å². The molecule has 0 unspecified atom stereocenters. The van der Waals surface area contributed by atoms with Crippen molar-refractivity contribution in [1.82, 2.24) is 10.9 Å². The Balaban J connectivity index is 2.64. The Kier molecular flexibility index (Phi) is 4.41. The van der Waals surface area contributed by atoms with Gasteiger partial charge in [0, 0.05) is 6.54 Å². The molecule has 0 atom stereocenters. The monoisotopic (exact) mass is 224 g/mol. The van der Waals surface area contributed by atoms with Crippen LogP contribution in [0.3, 0.4) is 0 Å². The first-order valence-corrected chi connectivity index (χ1v) is 4.71. The highest BCUT2D eigenvalue weighted by atomic mass is 16.5. The number of ether oxygens (including phenoxy) is 2. The maximum Gasteiger partial charge on any atom is 0.200 e. The van der Waals surface area contributed by atoms with Gasteiger partial charge in [-0.2, -0.15) is 0 Å². The Labute approximate surface area is 94.2 Å². The van der Waals surface area contributed by atoms with Crippen LogP contribution in [0.1, 0.15) is 5.56 Å². The minimum Gasteiger partial charge on any atom is -0.493 e. The lowest BCUT2D eigenvalue weighted by Gasteiger charge is -2.10. The fourth-order valence-electron chi connectivity index (χ4n) is 1.23. The van der Waals surface area contributed by atoms with Crippen LogP contribution in [0, 0.1) is 5.41 Å². The molecule has 88 valence electrons. The fourth-order valence-corrected chi connectivity index (χ4v) is 1.23. The zero-order chi connectivity index (χ0) is 12.0. The van der Waals surface area contributed by atoms with Crippen molar-refractivity contribution in [3.05, 3.63) is 23.8 Å². The number of nitrogens with two attached hydrogens (primary N) is 1. The summed E-state index contributed by atoms with van der Waals surface area (Å²) < 4.78 is 10.3. The number of hydrazine groups is 1. The smallest absolute Gasteiger partial charge is 0.200 e. The molecule has 6 heteroatoms. The standard InChI is InChI=1S/C10H16N4O2/c1-15-8-4-3-7(5-9(8)16-2)6-13-14-10(11)12/h3-5,13H,6H2,1-2H3,(H4,11,12,14). The van der Waals surface area contributed by atoms with E-state index in [1.165, 1.54) is 0 Å². The second-order valence-corrected chi connectivity index (χ2v) is 3.08. The highest BCUT2D eigenvalue weighted by molar-refractivity contribution is 5.73. The molecule has 0 spiro atoms. The summed E-state index contributed by atoms with van der Waals surface area (Å²) in [6, 6.07) is 5.58. The van der Waals surface area contributed by atoms with Crippen LogP contribution in [0.2, 0.25) is 0 Å². The molecular weight excluding hydrogens is 208 g/mol. The lowest BCUT2D eigenvalue weighted by molar-refractivity contribution is 0.354. The summed E-state index contributed by atoms with van der Waals surface area (Å²) in [5.74, 6) is 1.23. The molecule has 0 fully saturated rings. The van der Waals surface area contributed by atoms with E-state index < -0.39 is 0 Å². The van der Waals surface area contributed by atoms with E-state index in [1.54, 1.807) is 14.2 Å². The summed E-state index contributed by atoms with van der Waals surface area (Å²) in [7, 11) is 3.18. The molecule has 0 saturated carbocycles. The number of hydrogen-bond donors (Lipinski definition) is 4. The number of hydrogen-bond acceptors (Lipinski definition) is 4.